The van der Waals surface area contributed by atoms with Crippen LogP contribution in [0.25, 0.3) is 0 Å². The number of hydrogen-bond donors (Lipinski definition) is 2. The molecule has 0 saturated carbocycles. The van der Waals surface area contributed by atoms with Crippen molar-refractivity contribution in [1.82, 2.24) is 40.6 Å². The molecule has 1 aromatic heterocycles. The Bertz CT molecular complexity index is 1520. The van der Waals surface area contributed by atoms with Gasteiger partial charge >= 0.3 is 0 Å². The SMILES string of the molecule is C#C[C@@H]1CCCN1C(=O)CN[C@@H](C)CC1(c2nn[nH]n2)c2ccc(C(=O)N(C)C)cc2CCc2cc(C(=O)N(C)C)ccc21. The van der Waals surface area contributed by atoms with Crippen LogP contribution in [0, 0.1) is 12.3 Å². The highest BCUT2D eigenvalue weighted by molar-refractivity contribution is 5.95. The van der Waals surface area contributed by atoms with Gasteiger partial charge in [0.15, 0.2) is 5.82 Å². The van der Waals surface area contributed by atoms with Crippen molar-refractivity contribution >= 4 is 17.7 Å². The summed E-state index contributed by atoms with van der Waals surface area (Å²) in [7, 11) is 6.94. The zero-order valence-electron chi connectivity index (χ0n) is 26.1. The van der Waals surface area contributed by atoms with Gasteiger partial charge in [-0.1, -0.05) is 23.3 Å². The van der Waals surface area contributed by atoms with Crippen LogP contribution in [0.15, 0.2) is 36.4 Å². The number of aromatic nitrogens is 4. The molecular formula is C33H40N8O3. The molecule has 230 valence electrons. The molecule has 44 heavy (non-hydrogen) atoms. The number of aromatic amines is 1. The number of nitrogens with zero attached hydrogens (tertiary/aromatic N) is 6. The van der Waals surface area contributed by atoms with Crippen LogP contribution in [0.5, 0.6) is 0 Å². The molecule has 1 aliphatic carbocycles. The predicted octanol–water partition coefficient (Wildman–Crippen LogP) is 2.03. The Balaban J connectivity index is 1.60. The van der Waals surface area contributed by atoms with Gasteiger partial charge in [0.05, 0.1) is 18.0 Å². The van der Waals surface area contributed by atoms with Crippen molar-refractivity contribution in [3.05, 3.63) is 75.6 Å². The minimum atomic E-state index is -0.891. The summed E-state index contributed by atoms with van der Waals surface area (Å²) in [6.07, 6.45) is 9.19. The van der Waals surface area contributed by atoms with E-state index in [0.717, 1.165) is 35.1 Å². The van der Waals surface area contributed by atoms with Crippen molar-refractivity contribution < 1.29 is 14.4 Å². The number of rotatable bonds is 8. The number of aryl methyl sites for hydroxylation is 2. The van der Waals surface area contributed by atoms with Gasteiger partial charge in [0, 0.05) is 51.9 Å². The van der Waals surface area contributed by atoms with Gasteiger partial charge < -0.3 is 20.0 Å². The Hall–Kier alpha value is -4.56. The second-order valence-electron chi connectivity index (χ2n) is 12.2. The summed E-state index contributed by atoms with van der Waals surface area (Å²) in [5, 5.41) is 19.1. The molecule has 0 bridgehead atoms. The van der Waals surface area contributed by atoms with Crippen molar-refractivity contribution in [2.24, 2.45) is 0 Å². The molecule has 1 fully saturated rings. The summed E-state index contributed by atoms with van der Waals surface area (Å²) in [5.74, 6) is 3.03. The molecule has 0 spiro atoms. The van der Waals surface area contributed by atoms with Crippen LogP contribution in [0.1, 0.15) is 75.0 Å². The summed E-state index contributed by atoms with van der Waals surface area (Å²) < 4.78 is 0. The first-order valence-electron chi connectivity index (χ1n) is 15.0. The van der Waals surface area contributed by atoms with Gasteiger partial charge in [0.2, 0.25) is 5.91 Å². The first-order valence-corrected chi connectivity index (χ1v) is 15.0. The molecule has 2 atom stereocenters. The molecule has 0 radical (unpaired) electrons. The van der Waals surface area contributed by atoms with Gasteiger partial charge in [-0.05, 0) is 85.5 Å². The quantitative estimate of drug-likeness (QED) is 0.381. The zero-order chi connectivity index (χ0) is 31.6. The summed E-state index contributed by atoms with van der Waals surface area (Å²) >= 11 is 0. The number of amides is 3. The minimum Gasteiger partial charge on any atom is -0.345 e. The molecule has 0 unspecified atom stereocenters. The van der Waals surface area contributed by atoms with Crippen LogP contribution in [0.3, 0.4) is 0 Å². The number of carbonyl (C=O) groups is 3. The number of fused-ring (bicyclic) bond motifs is 2. The fourth-order valence-electron chi connectivity index (χ4n) is 6.66. The lowest BCUT2D eigenvalue weighted by atomic mass is 9.67. The average Bonchev–Trinajstić information content (AvgIpc) is 3.71. The van der Waals surface area contributed by atoms with Gasteiger partial charge in [-0.2, -0.15) is 5.21 Å². The molecule has 3 amide bonds. The summed E-state index contributed by atoms with van der Waals surface area (Å²) in [5.41, 5.74) is 4.22. The maximum absolute atomic E-state index is 13.1. The Morgan fingerprint density at radius 2 is 1.64 bits per heavy atom. The Kier molecular flexibility index (Phi) is 8.83. The van der Waals surface area contributed by atoms with E-state index in [1.165, 1.54) is 0 Å². The highest BCUT2D eigenvalue weighted by Crippen LogP contribution is 2.47. The smallest absolute Gasteiger partial charge is 0.253 e. The highest BCUT2D eigenvalue weighted by Gasteiger charge is 2.46. The van der Waals surface area contributed by atoms with E-state index in [4.69, 9.17) is 6.42 Å². The number of H-pyrrole nitrogens is 1. The van der Waals surface area contributed by atoms with E-state index in [2.05, 4.69) is 31.9 Å². The number of nitrogens with one attached hydrogen (secondary N) is 2. The van der Waals surface area contributed by atoms with E-state index < -0.39 is 5.41 Å². The molecule has 2 heterocycles. The van der Waals surface area contributed by atoms with Crippen molar-refractivity contribution in [3.8, 4) is 12.3 Å². The Morgan fingerprint density at radius 3 is 2.14 bits per heavy atom. The molecule has 1 aliphatic heterocycles. The third-order valence-electron chi connectivity index (χ3n) is 8.81. The standard InChI is InChI=1S/C33H40N8O3/c1-7-26-9-8-16-41(26)29(42)20-34-21(2)19-33(32-35-37-38-36-32)27-14-12-24(30(43)39(3)4)17-22(27)10-11-23-18-25(13-15-28(23)33)31(44)40(5)6/h1,12-15,17-18,21,26,34H,8-11,16,19-20H2,2-6H3,(H,35,36,37,38)/t21-,26+/m0/s1. The van der Waals surface area contributed by atoms with Crippen LogP contribution < -0.4 is 5.32 Å². The third-order valence-corrected chi connectivity index (χ3v) is 8.81. The van der Waals surface area contributed by atoms with E-state index >= 15 is 0 Å². The van der Waals surface area contributed by atoms with Crippen LogP contribution in [0.4, 0.5) is 0 Å². The van der Waals surface area contributed by atoms with E-state index in [1.807, 2.05) is 43.3 Å². The van der Waals surface area contributed by atoms with Gasteiger partial charge in [-0.15, -0.1) is 16.6 Å². The van der Waals surface area contributed by atoms with Crippen molar-refractivity contribution in [1.29, 1.82) is 0 Å². The number of tetrazole rings is 1. The normalized spacial score (nSPS) is 17.5. The second-order valence-corrected chi connectivity index (χ2v) is 12.2. The second kappa shape index (κ2) is 12.6. The Morgan fingerprint density at radius 1 is 1.05 bits per heavy atom. The summed E-state index contributed by atoms with van der Waals surface area (Å²) in [6.45, 7) is 2.85. The average molecular weight is 597 g/mol. The highest BCUT2D eigenvalue weighted by atomic mass is 16.2. The number of terminal acetylenes is 1. The van der Waals surface area contributed by atoms with Crippen molar-refractivity contribution in [2.75, 3.05) is 41.3 Å². The number of carbonyl (C=O) groups excluding carboxylic acids is 3. The van der Waals surface area contributed by atoms with Crippen LogP contribution in [0.2, 0.25) is 0 Å². The zero-order valence-corrected chi connectivity index (χ0v) is 26.1. The lowest BCUT2D eigenvalue weighted by Crippen LogP contribution is -2.45. The van der Waals surface area contributed by atoms with Gasteiger partial charge in [-0.25, -0.2) is 0 Å². The van der Waals surface area contributed by atoms with Gasteiger partial charge in [0.1, 0.15) is 0 Å². The van der Waals surface area contributed by atoms with E-state index in [9.17, 15) is 14.4 Å². The van der Waals surface area contributed by atoms with E-state index in [-0.39, 0.29) is 36.3 Å². The molecular weight excluding hydrogens is 556 g/mol. The fraction of sp³-hybridized carbons (Fsp3) is 0.455. The molecule has 2 aromatic carbocycles. The fourth-order valence-corrected chi connectivity index (χ4v) is 6.66. The van der Waals surface area contributed by atoms with Crippen molar-refractivity contribution in [3.63, 3.8) is 0 Å². The van der Waals surface area contributed by atoms with E-state index in [0.29, 0.717) is 42.8 Å². The molecule has 11 heteroatoms. The first-order chi connectivity index (χ1) is 21.1. The topological polar surface area (TPSA) is 127 Å². The summed E-state index contributed by atoms with van der Waals surface area (Å²) in [4.78, 5) is 44.0. The van der Waals surface area contributed by atoms with Crippen LogP contribution in [-0.4, -0.2) is 106 Å². The predicted molar refractivity (Wildman–Crippen MR) is 166 cm³/mol. The number of likely N-dealkylation sites (tertiary alicyclic amines) is 1. The Labute approximate surface area is 258 Å². The summed E-state index contributed by atoms with van der Waals surface area (Å²) in [6, 6.07) is 11.3. The first kappa shape index (κ1) is 30.9. The number of hydrogen-bond acceptors (Lipinski definition) is 7. The van der Waals surface area contributed by atoms with Gasteiger partial charge in [-0.3, -0.25) is 14.4 Å². The van der Waals surface area contributed by atoms with Gasteiger partial charge in [0.25, 0.3) is 11.8 Å². The number of benzene rings is 2. The maximum Gasteiger partial charge on any atom is 0.253 e. The third kappa shape index (κ3) is 5.69. The largest absolute Gasteiger partial charge is 0.345 e. The molecule has 3 aromatic rings. The van der Waals surface area contributed by atoms with Crippen LogP contribution in [-0.2, 0) is 23.1 Å². The van der Waals surface area contributed by atoms with Crippen molar-refractivity contribution in [2.45, 2.75) is 56.5 Å². The molecule has 1 saturated heterocycles. The molecule has 11 nitrogen and oxygen atoms in total. The lowest BCUT2D eigenvalue weighted by molar-refractivity contribution is -0.130. The maximum atomic E-state index is 13.1. The minimum absolute atomic E-state index is 0.0220. The van der Waals surface area contributed by atoms with Crippen LogP contribution >= 0.6 is 0 Å². The monoisotopic (exact) mass is 596 g/mol. The van der Waals surface area contributed by atoms with E-state index in [1.54, 1.807) is 42.9 Å². The molecule has 2 N–H and O–H groups in total. The molecule has 5 rings (SSSR count). The lowest BCUT2D eigenvalue weighted by Gasteiger charge is -2.36. The molecule has 2 aliphatic rings.